The van der Waals surface area contributed by atoms with Gasteiger partial charge in [-0.3, -0.25) is 9.59 Å². The molecule has 0 N–H and O–H groups in total. The number of aldehydes is 1. The Balaban J connectivity index is 3.61. The summed E-state index contributed by atoms with van der Waals surface area (Å²) in [5.74, 6) is -0.0807. The number of ether oxygens (including phenoxy) is 1. The molecule has 1 rings (SSSR count). The van der Waals surface area contributed by atoms with Crippen molar-refractivity contribution in [1.29, 1.82) is 0 Å². The smallest absolute Gasteiger partial charge is 0.290 e. The Hall–Kier alpha value is -1.55. The van der Waals surface area contributed by atoms with Gasteiger partial charge in [-0.2, -0.15) is 0 Å². The minimum Gasteiger partial charge on any atom is -0.494 e. The van der Waals surface area contributed by atoms with Crippen molar-refractivity contribution in [3.63, 3.8) is 0 Å². The van der Waals surface area contributed by atoms with E-state index in [1.165, 1.54) is 19.1 Å². The summed E-state index contributed by atoms with van der Waals surface area (Å²) in [4.78, 5) is 23.4. The minimum absolute atomic E-state index is 0.266. The summed E-state index contributed by atoms with van der Waals surface area (Å²) in [6.07, 6.45) is 0.266. The van der Waals surface area contributed by atoms with Crippen LogP contribution in [0.3, 0.4) is 0 Å². The molecule has 18 heavy (non-hydrogen) atoms. The fourth-order valence-electron chi connectivity index (χ4n) is 1.91. The molecule has 0 aromatic heterocycles. The third kappa shape index (κ3) is 2.20. The van der Waals surface area contributed by atoms with Crippen LogP contribution >= 0.6 is 11.6 Å². The maximum absolute atomic E-state index is 11.5. The number of hydrogen-bond donors (Lipinski definition) is 0. The Kier molecular flexibility index (Phi) is 4.35. The monoisotopic (exact) mass is 269 g/mol. The Bertz CT molecular complexity index is 512. The Labute approximate surface area is 111 Å². The van der Waals surface area contributed by atoms with Crippen LogP contribution in [0.4, 0.5) is 5.69 Å². The second kappa shape index (κ2) is 5.40. The molecule has 0 radical (unpaired) electrons. The maximum atomic E-state index is 11.5. The number of nitrogens with zero attached hydrogens (tertiary/aromatic N) is 1. The first kappa shape index (κ1) is 14.5. The van der Waals surface area contributed by atoms with Gasteiger partial charge in [-0.05, 0) is 37.5 Å². The number of anilines is 1. The Morgan fingerprint density at radius 3 is 2.22 bits per heavy atom. The average molecular weight is 270 g/mol. The Morgan fingerprint density at radius 1 is 1.22 bits per heavy atom. The van der Waals surface area contributed by atoms with Gasteiger partial charge in [0.2, 0.25) is 6.29 Å². The molecule has 98 valence electrons. The first-order valence-corrected chi connectivity index (χ1v) is 5.80. The lowest BCUT2D eigenvalue weighted by Crippen LogP contribution is -2.28. The van der Waals surface area contributed by atoms with E-state index in [0.29, 0.717) is 22.0 Å². The molecule has 0 spiro atoms. The van der Waals surface area contributed by atoms with Gasteiger partial charge >= 0.3 is 0 Å². The highest BCUT2D eigenvalue weighted by Crippen LogP contribution is 2.41. The molecule has 1 aromatic carbocycles. The van der Waals surface area contributed by atoms with E-state index in [1.54, 1.807) is 6.92 Å². The van der Waals surface area contributed by atoms with Crippen molar-refractivity contribution in [2.24, 2.45) is 0 Å². The van der Waals surface area contributed by atoms with Crippen molar-refractivity contribution < 1.29 is 14.3 Å². The molecule has 5 heteroatoms. The van der Waals surface area contributed by atoms with E-state index in [9.17, 15) is 9.59 Å². The Morgan fingerprint density at radius 2 is 1.78 bits per heavy atom. The van der Waals surface area contributed by atoms with Gasteiger partial charge in [0.05, 0.1) is 12.8 Å². The molecule has 0 aliphatic rings. The van der Waals surface area contributed by atoms with Crippen LogP contribution in [-0.2, 0) is 9.59 Å². The number of rotatable bonds is 3. The molecule has 0 saturated carbocycles. The first-order chi connectivity index (χ1) is 8.36. The molecule has 4 nitrogen and oxygen atoms in total. The van der Waals surface area contributed by atoms with E-state index >= 15 is 0 Å². The molecule has 0 bridgehead atoms. The minimum atomic E-state index is -0.643. The van der Waals surface area contributed by atoms with Crippen molar-refractivity contribution in [3.05, 3.63) is 21.7 Å². The van der Waals surface area contributed by atoms with Gasteiger partial charge in [0.15, 0.2) is 0 Å². The summed E-state index contributed by atoms with van der Waals surface area (Å²) >= 11 is 6.23. The van der Waals surface area contributed by atoms with Gasteiger partial charge in [0.25, 0.3) is 5.91 Å². The lowest BCUT2D eigenvalue weighted by molar-refractivity contribution is -0.129. The summed E-state index contributed by atoms with van der Waals surface area (Å²) in [5, 5.41) is 0.578. The number of likely N-dealkylation sites (N-methyl/N-ethyl adjacent to an activating group) is 1. The van der Waals surface area contributed by atoms with Gasteiger partial charge in [0, 0.05) is 12.1 Å². The molecule has 0 atom stereocenters. The average Bonchev–Trinajstić information content (AvgIpc) is 2.38. The molecule has 0 saturated heterocycles. The van der Waals surface area contributed by atoms with Crippen molar-refractivity contribution in [2.45, 2.75) is 20.8 Å². The summed E-state index contributed by atoms with van der Waals surface area (Å²) in [5.41, 5.74) is 3.01. The maximum Gasteiger partial charge on any atom is 0.290 e. The number of benzene rings is 1. The van der Waals surface area contributed by atoms with E-state index in [0.717, 1.165) is 11.1 Å². The van der Waals surface area contributed by atoms with E-state index in [4.69, 9.17) is 16.3 Å². The van der Waals surface area contributed by atoms with E-state index < -0.39 is 5.91 Å². The van der Waals surface area contributed by atoms with Gasteiger partial charge in [-0.1, -0.05) is 11.6 Å². The van der Waals surface area contributed by atoms with Gasteiger partial charge in [0.1, 0.15) is 5.75 Å². The molecule has 0 fully saturated rings. The predicted octanol–water partition coefficient (Wildman–Crippen LogP) is 2.44. The highest BCUT2D eigenvalue weighted by molar-refractivity contribution is 6.34. The summed E-state index contributed by atoms with van der Waals surface area (Å²) < 4.78 is 5.34. The normalized spacial score (nSPS) is 10.1. The van der Waals surface area contributed by atoms with Crippen LogP contribution in [-0.4, -0.2) is 26.4 Å². The topological polar surface area (TPSA) is 46.6 Å². The number of hydrogen-bond acceptors (Lipinski definition) is 3. The second-order valence-corrected chi connectivity index (χ2v) is 4.46. The fraction of sp³-hybridized carbons (Fsp3) is 0.385. The number of halogens is 1. The summed E-state index contributed by atoms with van der Waals surface area (Å²) in [6, 6.07) is 0. The van der Waals surface area contributed by atoms with Crippen LogP contribution in [0, 0.1) is 20.8 Å². The van der Waals surface area contributed by atoms with Crippen LogP contribution < -0.4 is 9.64 Å². The zero-order valence-electron chi connectivity index (χ0n) is 11.1. The van der Waals surface area contributed by atoms with Crippen molar-refractivity contribution in [3.8, 4) is 5.75 Å². The third-order valence-electron chi connectivity index (χ3n) is 3.10. The molecule has 0 unspecified atom stereocenters. The zero-order chi connectivity index (χ0) is 14.0. The number of carbonyl (C=O) groups excluding carboxylic acids is 2. The zero-order valence-corrected chi connectivity index (χ0v) is 11.9. The standard InChI is InChI=1S/C13H16ClNO3/c1-7-8(2)13(18-5)12(9(3)11(7)14)15(4)10(17)6-16/h6H,1-5H3. The van der Waals surface area contributed by atoms with Gasteiger partial charge < -0.3 is 9.64 Å². The van der Waals surface area contributed by atoms with Crippen LogP contribution in [0.2, 0.25) is 5.02 Å². The molecule has 1 aromatic rings. The highest BCUT2D eigenvalue weighted by atomic mass is 35.5. The van der Waals surface area contributed by atoms with E-state index in [1.807, 2.05) is 13.8 Å². The van der Waals surface area contributed by atoms with Crippen LogP contribution in [0.5, 0.6) is 5.75 Å². The number of amides is 1. The fourth-order valence-corrected chi connectivity index (χ4v) is 2.14. The summed E-state index contributed by atoms with van der Waals surface area (Å²) in [7, 11) is 3.05. The first-order valence-electron chi connectivity index (χ1n) is 5.42. The van der Waals surface area contributed by atoms with Gasteiger partial charge in [-0.15, -0.1) is 0 Å². The quantitative estimate of drug-likeness (QED) is 0.625. The van der Waals surface area contributed by atoms with Gasteiger partial charge in [-0.25, -0.2) is 0 Å². The van der Waals surface area contributed by atoms with E-state index in [-0.39, 0.29) is 6.29 Å². The molecular weight excluding hydrogens is 254 g/mol. The molecule has 1 amide bonds. The molecular formula is C13H16ClNO3. The SMILES string of the molecule is COc1c(C)c(C)c(Cl)c(C)c1N(C)C(=O)C=O. The lowest BCUT2D eigenvalue weighted by Gasteiger charge is -2.24. The van der Waals surface area contributed by atoms with Crippen LogP contribution in [0.1, 0.15) is 16.7 Å². The van der Waals surface area contributed by atoms with Crippen molar-refractivity contribution in [2.75, 3.05) is 19.1 Å². The van der Waals surface area contributed by atoms with E-state index in [2.05, 4.69) is 0 Å². The number of carbonyl (C=O) groups is 2. The molecule has 0 aliphatic carbocycles. The lowest BCUT2D eigenvalue weighted by atomic mass is 10.0. The molecule has 0 aliphatic heterocycles. The highest BCUT2D eigenvalue weighted by Gasteiger charge is 2.22. The third-order valence-corrected chi connectivity index (χ3v) is 3.67. The molecule has 0 heterocycles. The van der Waals surface area contributed by atoms with Crippen molar-refractivity contribution >= 4 is 29.5 Å². The van der Waals surface area contributed by atoms with Crippen LogP contribution in [0.15, 0.2) is 0 Å². The summed E-state index contributed by atoms with van der Waals surface area (Å²) in [6.45, 7) is 5.54. The predicted molar refractivity (Wildman–Crippen MR) is 71.7 cm³/mol. The number of methoxy groups -OCH3 is 1. The largest absolute Gasteiger partial charge is 0.494 e. The second-order valence-electron chi connectivity index (χ2n) is 4.09. The van der Waals surface area contributed by atoms with Crippen molar-refractivity contribution in [1.82, 2.24) is 0 Å². The van der Waals surface area contributed by atoms with Crippen LogP contribution in [0.25, 0.3) is 0 Å².